The van der Waals surface area contributed by atoms with E-state index in [1.807, 2.05) is 67.8 Å². The number of phenols is 2. The van der Waals surface area contributed by atoms with E-state index in [1.54, 1.807) is 11.3 Å². The predicted octanol–water partition coefficient (Wildman–Crippen LogP) is 4.96. The van der Waals surface area contributed by atoms with Gasteiger partial charge in [-0.2, -0.15) is 0 Å². The predicted molar refractivity (Wildman–Crippen MR) is 91.0 cm³/mol. The Labute approximate surface area is 134 Å². The molecule has 2 nitrogen and oxygen atoms in total. The van der Waals surface area contributed by atoms with Gasteiger partial charge in [-0.1, -0.05) is 42.5 Å². The Bertz CT molecular complexity index is 740. The van der Waals surface area contributed by atoms with Crippen molar-refractivity contribution in [3.63, 3.8) is 0 Å². The second-order valence-corrected chi connectivity index (χ2v) is 6.45. The Morgan fingerprint density at radius 2 is 1.32 bits per heavy atom. The number of phenolic OH excluding ortho intramolecular Hbond substituents is 2. The minimum atomic E-state index is -0.167. The molecular weight excluding hydrogens is 292 g/mol. The molecule has 0 amide bonds. The molecule has 3 rings (SSSR count). The molecular formula is C19H18O2S. The zero-order valence-corrected chi connectivity index (χ0v) is 13.4. The molecule has 0 aliphatic heterocycles. The zero-order valence-electron chi connectivity index (χ0n) is 12.6. The van der Waals surface area contributed by atoms with Gasteiger partial charge < -0.3 is 10.2 Å². The highest BCUT2D eigenvalue weighted by atomic mass is 32.1. The van der Waals surface area contributed by atoms with Crippen molar-refractivity contribution in [1.82, 2.24) is 0 Å². The van der Waals surface area contributed by atoms with Gasteiger partial charge in [0.1, 0.15) is 11.5 Å². The molecule has 0 atom stereocenters. The van der Waals surface area contributed by atoms with Crippen molar-refractivity contribution in [3.05, 3.63) is 81.0 Å². The molecule has 2 N–H and O–H groups in total. The van der Waals surface area contributed by atoms with Crippen molar-refractivity contribution >= 4 is 11.3 Å². The van der Waals surface area contributed by atoms with Crippen LogP contribution in [0, 0.1) is 13.8 Å². The molecule has 0 radical (unpaired) electrons. The average Bonchev–Trinajstić information content (AvgIpc) is 3.02. The molecule has 112 valence electrons. The summed E-state index contributed by atoms with van der Waals surface area (Å²) in [5.41, 5.74) is 3.32. The van der Waals surface area contributed by atoms with Crippen LogP contribution >= 0.6 is 11.3 Å². The summed E-state index contributed by atoms with van der Waals surface area (Å²) in [4.78, 5) is 1.10. The lowest BCUT2D eigenvalue weighted by Crippen LogP contribution is -2.03. The number of para-hydroxylation sites is 2. The lowest BCUT2D eigenvalue weighted by atomic mass is 9.87. The summed E-state index contributed by atoms with van der Waals surface area (Å²) in [6, 6.07) is 15.5. The first-order chi connectivity index (χ1) is 10.6. The lowest BCUT2D eigenvalue weighted by molar-refractivity contribution is 0.455. The van der Waals surface area contributed by atoms with E-state index >= 15 is 0 Å². The van der Waals surface area contributed by atoms with Gasteiger partial charge in [-0.05, 0) is 36.4 Å². The Balaban J connectivity index is 2.26. The molecule has 22 heavy (non-hydrogen) atoms. The monoisotopic (exact) mass is 310 g/mol. The maximum absolute atomic E-state index is 10.5. The molecule has 0 fully saturated rings. The number of hydrogen-bond acceptors (Lipinski definition) is 3. The third kappa shape index (κ3) is 2.48. The summed E-state index contributed by atoms with van der Waals surface area (Å²) in [5.74, 6) is 0.420. The zero-order chi connectivity index (χ0) is 15.7. The van der Waals surface area contributed by atoms with E-state index in [0.717, 1.165) is 27.1 Å². The molecule has 0 saturated carbocycles. The van der Waals surface area contributed by atoms with Crippen LogP contribution < -0.4 is 0 Å². The Hall–Kier alpha value is -2.26. The van der Waals surface area contributed by atoms with Crippen molar-refractivity contribution in [2.45, 2.75) is 19.8 Å². The summed E-state index contributed by atoms with van der Waals surface area (Å²) in [7, 11) is 0. The number of hydrogen-bond donors (Lipinski definition) is 2. The molecule has 1 heterocycles. The van der Waals surface area contributed by atoms with Gasteiger partial charge in [-0.3, -0.25) is 0 Å². The van der Waals surface area contributed by atoms with Gasteiger partial charge in [0.25, 0.3) is 0 Å². The highest BCUT2D eigenvalue weighted by Crippen LogP contribution is 2.43. The van der Waals surface area contributed by atoms with Crippen molar-refractivity contribution < 1.29 is 10.2 Å². The summed E-state index contributed by atoms with van der Waals surface area (Å²) in [6.45, 7) is 3.78. The first-order valence-electron chi connectivity index (χ1n) is 7.20. The van der Waals surface area contributed by atoms with Gasteiger partial charge >= 0.3 is 0 Å². The second kappa shape index (κ2) is 5.85. The fourth-order valence-electron chi connectivity index (χ4n) is 2.76. The fraction of sp³-hybridized carbons (Fsp3) is 0.158. The quantitative estimate of drug-likeness (QED) is 0.718. The molecule has 2 aromatic carbocycles. The normalized spacial score (nSPS) is 11.0. The minimum Gasteiger partial charge on any atom is -0.507 e. The van der Waals surface area contributed by atoms with Crippen LogP contribution in [-0.4, -0.2) is 10.2 Å². The largest absolute Gasteiger partial charge is 0.507 e. The summed E-state index contributed by atoms with van der Waals surface area (Å²) in [5, 5.41) is 23.0. The molecule has 0 saturated heterocycles. The average molecular weight is 310 g/mol. The van der Waals surface area contributed by atoms with Crippen LogP contribution in [0.25, 0.3) is 0 Å². The first-order valence-corrected chi connectivity index (χ1v) is 8.08. The van der Waals surface area contributed by atoms with Crippen LogP contribution in [0.15, 0.2) is 53.9 Å². The molecule has 3 aromatic rings. The van der Waals surface area contributed by atoms with Gasteiger partial charge in [0.2, 0.25) is 0 Å². The SMILES string of the molecule is Cc1cccc(C(c2cccs2)c2cccc(C)c2O)c1O. The second-order valence-electron chi connectivity index (χ2n) is 5.47. The van der Waals surface area contributed by atoms with Gasteiger partial charge in [-0.15, -0.1) is 11.3 Å². The van der Waals surface area contributed by atoms with E-state index in [2.05, 4.69) is 0 Å². The van der Waals surface area contributed by atoms with Crippen molar-refractivity contribution in [1.29, 1.82) is 0 Å². The van der Waals surface area contributed by atoms with E-state index < -0.39 is 0 Å². The third-order valence-corrected chi connectivity index (χ3v) is 4.92. The number of rotatable bonds is 3. The lowest BCUT2D eigenvalue weighted by Gasteiger charge is -2.20. The molecule has 1 aromatic heterocycles. The van der Waals surface area contributed by atoms with Crippen LogP contribution in [0.2, 0.25) is 0 Å². The Morgan fingerprint density at radius 3 is 1.77 bits per heavy atom. The Morgan fingerprint density at radius 1 is 0.773 bits per heavy atom. The molecule has 0 aliphatic rings. The smallest absolute Gasteiger partial charge is 0.122 e. The minimum absolute atomic E-state index is 0.167. The van der Waals surface area contributed by atoms with Gasteiger partial charge in [0, 0.05) is 16.0 Å². The van der Waals surface area contributed by atoms with Crippen molar-refractivity contribution in [2.24, 2.45) is 0 Å². The summed E-state index contributed by atoms with van der Waals surface area (Å²) >= 11 is 1.63. The van der Waals surface area contributed by atoms with Gasteiger partial charge in [-0.25, -0.2) is 0 Å². The van der Waals surface area contributed by atoms with Gasteiger partial charge in [0.15, 0.2) is 0 Å². The summed E-state index contributed by atoms with van der Waals surface area (Å²) in [6.07, 6.45) is 0. The van der Waals surface area contributed by atoms with Crippen LogP contribution in [0.5, 0.6) is 11.5 Å². The van der Waals surface area contributed by atoms with Crippen LogP contribution in [0.1, 0.15) is 33.0 Å². The van der Waals surface area contributed by atoms with Crippen molar-refractivity contribution in [3.8, 4) is 11.5 Å². The molecule has 0 spiro atoms. The maximum atomic E-state index is 10.5. The standard InChI is InChI=1S/C19H18O2S/c1-12-6-3-8-14(18(12)20)17(16-10-5-11-22-16)15-9-4-7-13(2)19(15)21/h3-11,17,20-21H,1-2H3. The van der Waals surface area contributed by atoms with E-state index in [0.29, 0.717) is 11.5 Å². The number of aryl methyl sites for hydroxylation is 2. The fourth-order valence-corrected chi connectivity index (χ4v) is 3.62. The van der Waals surface area contributed by atoms with E-state index in [9.17, 15) is 10.2 Å². The van der Waals surface area contributed by atoms with Gasteiger partial charge in [0.05, 0.1) is 5.92 Å². The maximum Gasteiger partial charge on any atom is 0.122 e. The highest BCUT2D eigenvalue weighted by molar-refractivity contribution is 7.10. The number of benzene rings is 2. The van der Waals surface area contributed by atoms with E-state index in [4.69, 9.17) is 0 Å². The first kappa shape index (κ1) is 14.7. The number of thiophene rings is 1. The topological polar surface area (TPSA) is 40.5 Å². The van der Waals surface area contributed by atoms with E-state index in [-0.39, 0.29) is 5.92 Å². The molecule has 0 aliphatic carbocycles. The van der Waals surface area contributed by atoms with Crippen LogP contribution in [0.4, 0.5) is 0 Å². The van der Waals surface area contributed by atoms with Crippen molar-refractivity contribution in [2.75, 3.05) is 0 Å². The number of aromatic hydroxyl groups is 2. The Kier molecular flexibility index (Phi) is 3.90. The molecule has 0 unspecified atom stereocenters. The summed E-state index contributed by atoms with van der Waals surface area (Å²) < 4.78 is 0. The molecule has 0 bridgehead atoms. The molecule has 3 heteroatoms. The van der Waals surface area contributed by atoms with E-state index in [1.165, 1.54) is 0 Å². The van der Waals surface area contributed by atoms with Crippen LogP contribution in [0.3, 0.4) is 0 Å². The highest BCUT2D eigenvalue weighted by Gasteiger charge is 2.24. The third-order valence-electron chi connectivity index (χ3n) is 3.99. The van der Waals surface area contributed by atoms with Crippen LogP contribution in [-0.2, 0) is 0 Å².